The maximum atomic E-state index is 13.8. The summed E-state index contributed by atoms with van der Waals surface area (Å²) < 4.78 is 16.9. The third kappa shape index (κ3) is 3.71. The van der Waals surface area contributed by atoms with Crippen molar-refractivity contribution >= 4 is 29.3 Å². The molecule has 2 aromatic carbocycles. The van der Waals surface area contributed by atoms with Crippen molar-refractivity contribution in [1.82, 2.24) is 9.36 Å². The van der Waals surface area contributed by atoms with E-state index in [0.29, 0.717) is 11.4 Å². The number of aromatic nitrogens is 2. The number of carbonyl (C=O) groups excluding carboxylic acids is 1. The minimum absolute atomic E-state index is 0.112. The molecule has 1 N–H and O–H groups in total. The highest BCUT2D eigenvalue weighted by Gasteiger charge is 2.17. The third-order valence-electron chi connectivity index (χ3n) is 4.20. The smallest absolute Gasteiger partial charge is 0.295 e. The van der Waals surface area contributed by atoms with Crippen LogP contribution in [0, 0.1) is 12.7 Å². The Morgan fingerprint density at radius 2 is 1.85 bits per heavy atom. The van der Waals surface area contributed by atoms with E-state index in [1.165, 1.54) is 29.0 Å². The van der Waals surface area contributed by atoms with Gasteiger partial charge in [0, 0.05) is 18.7 Å². The van der Waals surface area contributed by atoms with E-state index in [2.05, 4.69) is 5.32 Å². The maximum Gasteiger partial charge on any atom is 0.295 e. The fourth-order valence-electron chi connectivity index (χ4n) is 2.71. The van der Waals surface area contributed by atoms with Crippen LogP contribution in [0.1, 0.15) is 11.3 Å². The fraction of sp³-hybridized carbons (Fsp3) is 0.100. The van der Waals surface area contributed by atoms with Gasteiger partial charge in [-0.15, -0.1) is 0 Å². The average molecular weight is 386 g/mol. The van der Waals surface area contributed by atoms with E-state index in [9.17, 15) is 14.0 Å². The minimum Gasteiger partial charge on any atom is -0.316 e. The van der Waals surface area contributed by atoms with Crippen LogP contribution in [-0.4, -0.2) is 15.3 Å². The quantitative estimate of drug-likeness (QED) is 0.692. The third-order valence-corrected chi connectivity index (χ3v) is 4.53. The molecule has 0 aliphatic rings. The van der Waals surface area contributed by atoms with Crippen LogP contribution >= 0.6 is 11.6 Å². The summed E-state index contributed by atoms with van der Waals surface area (Å²) in [6, 6.07) is 13.4. The molecule has 5 nitrogen and oxygen atoms in total. The first-order valence-corrected chi connectivity index (χ1v) is 8.55. The lowest BCUT2D eigenvalue weighted by atomic mass is 10.2. The van der Waals surface area contributed by atoms with Crippen molar-refractivity contribution in [2.45, 2.75) is 6.92 Å². The molecule has 0 unspecified atom stereocenters. The summed E-state index contributed by atoms with van der Waals surface area (Å²) in [5, 5.41) is 2.77. The van der Waals surface area contributed by atoms with E-state index in [1.54, 1.807) is 30.8 Å². The van der Waals surface area contributed by atoms with E-state index in [0.717, 1.165) is 6.08 Å². The Bertz CT molecular complexity index is 1060. The fourth-order valence-corrected chi connectivity index (χ4v) is 2.93. The molecular weight excluding hydrogens is 369 g/mol. The lowest BCUT2D eigenvalue weighted by molar-refractivity contribution is -0.111. The first-order chi connectivity index (χ1) is 12.9. The predicted octanol–water partition coefficient (Wildman–Crippen LogP) is 3.93. The second kappa shape index (κ2) is 7.63. The number of benzene rings is 2. The Morgan fingerprint density at radius 1 is 1.15 bits per heavy atom. The van der Waals surface area contributed by atoms with Crippen LogP contribution in [0.25, 0.3) is 11.8 Å². The Labute approximate surface area is 160 Å². The highest BCUT2D eigenvalue weighted by Crippen LogP contribution is 2.20. The van der Waals surface area contributed by atoms with Crippen molar-refractivity contribution in [1.29, 1.82) is 0 Å². The van der Waals surface area contributed by atoms with Crippen LogP contribution in [0.5, 0.6) is 0 Å². The highest BCUT2D eigenvalue weighted by atomic mass is 35.5. The molecule has 3 rings (SSSR count). The molecule has 0 saturated carbocycles. The van der Waals surface area contributed by atoms with Gasteiger partial charge in [-0.25, -0.2) is 9.07 Å². The Hall–Kier alpha value is -3.12. The second-order valence-corrected chi connectivity index (χ2v) is 6.30. The SMILES string of the molecule is Cc1c(NC(=O)C=Cc2c(F)cccc2Cl)c(=O)n(-c2ccccc2)n1C. The molecule has 27 heavy (non-hydrogen) atoms. The van der Waals surface area contributed by atoms with Crippen LogP contribution in [0.4, 0.5) is 10.1 Å². The van der Waals surface area contributed by atoms with Crippen molar-refractivity contribution in [3.05, 3.63) is 87.1 Å². The number of halogens is 2. The predicted molar refractivity (Wildman–Crippen MR) is 105 cm³/mol. The maximum absolute atomic E-state index is 13.8. The van der Waals surface area contributed by atoms with Gasteiger partial charge in [-0.05, 0) is 37.3 Å². The summed E-state index contributed by atoms with van der Waals surface area (Å²) in [6.45, 7) is 1.73. The van der Waals surface area contributed by atoms with E-state index < -0.39 is 11.7 Å². The lowest BCUT2D eigenvalue weighted by Gasteiger charge is -2.07. The summed E-state index contributed by atoms with van der Waals surface area (Å²) in [7, 11) is 1.73. The molecule has 1 amide bonds. The van der Waals surface area contributed by atoms with Gasteiger partial charge in [0.1, 0.15) is 11.5 Å². The number of anilines is 1. The molecule has 1 aromatic heterocycles. The standard InChI is InChI=1S/C20H17ClFN3O2/c1-13-19(20(27)25(24(13)2)14-7-4-3-5-8-14)23-18(26)12-11-15-16(21)9-6-10-17(15)22/h3-12H,1-2H3,(H,23,26). The zero-order chi connectivity index (χ0) is 19.6. The van der Waals surface area contributed by atoms with Gasteiger partial charge >= 0.3 is 0 Å². The number of nitrogens with zero attached hydrogens (tertiary/aromatic N) is 2. The number of rotatable bonds is 4. The Morgan fingerprint density at radius 3 is 2.52 bits per heavy atom. The van der Waals surface area contributed by atoms with Gasteiger partial charge in [0.15, 0.2) is 0 Å². The number of para-hydroxylation sites is 1. The van der Waals surface area contributed by atoms with Gasteiger partial charge < -0.3 is 5.32 Å². The molecular formula is C20H17ClFN3O2. The molecule has 3 aromatic rings. The summed E-state index contributed by atoms with van der Waals surface area (Å²) in [6.07, 6.45) is 2.42. The van der Waals surface area contributed by atoms with E-state index in [1.807, 2.05) is 18.2 Å². The average Bonchev–Trinajstić information content (AvgIpc) is 2.85. The molecule has 0 spiro atoms. The zero-order valence-electron chi connectivity index (χ0n) is 14.7. The summed E-state index contributed by atoms with van der Waals surface area (Å²) in [4.78, 5) is 25.0. The Balaban J connectivity index is 1.89. The molecule has 0 atom stereocenters. The van der Waals surface area contributed by atoms with Crippen molar-refractivity contribution in [2.75, 3.05) is 5.32 Å². The van der Waals surface area contributed by atoms with Gasteiger partial charge in [0.25, 0.3) is 5.56 Å². The number of amides is 1. The van der Waals surface area contributed by atoms with Crippen LogP contribution in [0.15, 0.2) is 59.4 Å². The normalized spacial score (nSPS) is 11.1. The first-order valence-electron chi connectivity index (χ1n) is 8.17. The lowest BCUT2D eigenvalue weighted by Crippen LogP contribution is -2.22. The number of hydrogen-bond acceptors (Lipinski definition) is 2. The van der Waals surface area contributed by atoms with Crippen molar-refractivity contribution in [3.8, 4) is 5.69 Å². The van der Waals surface area contributed by atoms with Crippen molar-refractivity contribution in [2.24, 2.45) is 7.05 Å². The van der Waals surface area contributed by atoms with Crippen LogP contribution in [-0.2, 0) is 11.8 Å². The van der Waals surface area contributed by atoms with Gasteiger partial charge in [-0.2, -0.15) is 0 Å². The summed E-state index contributed by atoms with van der Waals surface area (Å²) in [5.74, 6) is -1.09. The first kappa shape index (κ1) is 18.7. The molecule has 0 radical (unpaired) electrons. The molecule has 0 saturated heterocycles. The molecule has 0 fully saturated rings. The van der Waals surface area contributed by atoms with Crippen molar-refractivity contribution in [3.63, 3.8) is 0 Å². The minimum atomic E-state index is -0.555. The van der Waals surface area contributed by atoms with Gasteiger partial charge in [-0.1, -0.05) is 35.9 Å². The van der Waals surface area contributed by atoms with Crippen LogP contribution < -0.4 is 10.9 Å². The molecule has 0 aliphatic heterocycles. The molecule has 138 valence electrons. The van der Waals surface area contributed by atoms with Gasteiger partial charge in [0.05, 0.1) is 16.4 Å². The van der Waals surface area contributed by atoms with Crippen LogP contribution in [0.2, 0.25) is 5.02 Å². The molecule has 0 aliphatic carbocycles. The largest absolute Gasteiger partial charge is 0.316 e. The summed E-state index contributed by atoms with van der Waals surface area (Å²) >= 11 is 5.94. The molecule has 0 bridgehead atoms. The van der Waals surface area contributed by atoms with Crippen LogP contribution in [0.3, 0.4) is 0 Å². The molecule has 7 heteroatoms. The monoisotopic (exact) mass is 385 g/mol. The zero-order valence-corrected chi connectivity index (χ0v) is 15.5. The van der Waals surface area contributed by atoms with E-state index in [-0.39, 0.29) is 21.8 Å². The number of nitrogens with one attached hydrogen (secondary N) is 1. The van der Waals surface area contributed by atoms with E-state index >= 15 is 0 Å². The van der Waals surface area contributed by atoms with Gasteiger partial charge in [0.2, 0.25) is 5.91 Å². The van der Waals surface area contributed by atoms with Gasteiger partial charge in [-0.3, -0.25) is 14.3 Å². The highest BCUT2D eigenvalue weighted by molar-refractivity contribution is 6.32. The Kier molecular flexibility index (Phi) is 5.28. The van der Waals surface area contributed by atoms with Crippen molar-refractivity contribution < 1.29 is 9.18 Å². The number of hydrogen-bond donors (Lipinski definition) is 1. The topological polar surface area (TPSA) is 56.0 Å². The van der Waals surface area contributed by atoms with E-state index in [4.69, 9.17) is 11.6 Å². The number of carbonyl (C=O) groups is 1. The molecule has 1 heterocycles. The second-order valence-electron chi connectivity index (χ2n) is 5.89. The summed E-state index contributed by atoms with van der Waals surface area (Å²) in [5.41, 5.74) is 1.19.